The molecule has 0 aliphatic carbocycles. The molecule has 1 fully saturated rings. The first-order chi connectivity index (χ1) is 10.6. The number of carbonyl (C=O) groups excluding carboxylic acids is 1. The molecule has 0 saturated carbocycles. The predicted octanol–water partition coefficient (Wildman–Crippen LogP) is 1.89. The van der Waals surface area contributed by atoms with Gasteiger partial charge in [-0.2, -0.15) is 5.10 Å². The molecule has 0 unspecified atom stereocenters. The van der Waals surface area contributed by atoms with E-state index in [0.29, 0.717) is 12.2 Å². The van der Waals surface area contributed by atoms with E-state index in [1.165, 1.54) is 12.8 Å². The van der Waals surface area contributed by atoms with Crippen LogP contribution in [0.2, 0.25) is 0 Å². The van der Waals surface area contributed by atoms with Crippen LogP contribution in [0, 0.1) is 6.92 Å². The Labute approximate surface area is 130 Å². The molecule has 1 saturated heterocycles. The Bertz CT molecular complexity index is 627. The van der Waals surface area contributed by atoms with Crippen molar-refractivity contribution in [3.63, 3.8) is 0 Å². The third-order valence-corrected chi connectivity index (χ3v) is 4.14. The van der Waals surface area contributed by atoms with E-state index in [4.69, 9.17) is 4.42 Å². The van der Waals surface area contributed by atoms with Gasteiger partial charge in [0.1, 0.15) is 11.5 Å². The van der Waals surface area contributed by atoms with Crippen LogP contribution in [0.4, 0.5) is 0 Å². The molecular weight excluding hydrogens is 280 g/mol. The second-order valence-corrected chi connectivity index (χ2v) is 5.78. The van der Waals surface area contributed by atoms with E-state index in [-0.39, 0.29) is 11.9 Å². The first-order valence-electron chi connectivity index (χ1n) is 7.71. The van der Waals surface area contributed by atoms with Gasteiger partial charge >= 0.3 is 0 Å². The van der Waals surface area contributed by atoms with E-state index in [9.17, 15) is 4.79 Å². The van der Waals surface area contributed by atoms with Gasteiger partial charge in [0.2, 0.25) is 0 Å². The Kier molecular flexibility index (Phi) is 4.29. The van der Waals surface area contributed by atoms with Crippen LogP contribution in [0.25, 0.3) is 0 Å². The van der Waals surface area contributed by atoms with Gasteiger partial charge in [-0.1, -0.05) is 0 Å². The zero-order valence-corrected chi connectivity index (χ0v) is 13.1. The van der Waals surface area contributed by atoms with Gasteiger partial charge in [-0.25, -0.2) is 0 Å². The molecule has 1 atom stereocenters. The highest BCUT2D eigenvalue weighted by Crippen LogP contribution is 2.24. The van der Waals surface area contributed by atoms with Gasteiger partial charge in [-0.05, 0) is 51.1 Å². The SMILES string of the molecule is Cc1cc(C(=O)NC[C@@H](c2ccco2)N2CCCC2)n(C)n1. The van der Waals surface area contributed by atoms with Crippen molar-refractivity contribution in [1.82, 2.24) is 20.0 Å². The summed E-state index contributed by atoms with van der Waals surface area (Å²) >= 11 is 0. The highest BCUT2D eigenvalue weighted by molar-refractivity contribution is 5.92. The fraction of sp³-hybridized carbons (Fsp3) is 0.500. The first-order valence-corrected chi connectivity index (χ1v) is 7.71. The molecule has 22 heavy (non-hydrogen) atoms. The number of carbonyl (C=O) groups is 1. The Balaban J connectivity index is 1.68. The van der Waals surface area contributed by atoms with E-state index in [0.717, 1.165) is 24.5 Å². The van der Waals surface area contributed by atoms with Crippen LogP contribution < -0.4 is 5.32 Å². The number of furan rings is 1. The number of nitrogens with zero attached hydrogens (tertiary/aromatic N) is 3. The van der Waals surface area contributed by atoms with Crippen molar-refractivity contribution in [3.05, 3.63) is 41.6 Å². The number of aryl methyl sites for hydroxylation is 2. The number of nitrogens with one attached hydrogen (secondary N) is 1. The Morgan fingerprint density at radius 2 is 2.23 bits per heavy atom. The van der Waals surface area contributed by atoms with Crippen LogP contribution in [0.1, 0.15) is 40.8 Å². The average Bonchev–Trinajstić information content (AvgIpc) is 3.21. The second-order valence-electron chi connectivity index (χ2n) is 5.78. The van der Waals surface area contributed by atoms with Crippen molar-refractivity contribution in [2.75, 3.05) is 19.6 Å². The number of hydrogen-bond acceptors (Lipinski definition) is 4. The number of amides is 1. The van der Waals surface area contributed by atoms with E-state index in [1.54, 1.807) is 24.1 Å². The third kappa shape index (κ3) is 3.06. The van der Waals surface area contributed by atoms with Crippen LogP contribution in [0.5, 0.6) is 0 Å². The minimum atomic E-state index is -0.0983. The summed E-state index contributed by atoms with van der Waals surface area (Å²) in [4.78, 5) is 14.7. The smallest absolute Gasteiger partial charge is 0.269 e. The number of aromatic nitrogens is 2. The minimum absolute atomic E-state index is 0.0933. The van der Waals surface area contributed by atoms with Crippen LogP contribution in [0.15, 0.2) is 28.9 Å². The van der Waals surface area contributed by atoms with Crippen LogP contribution in [0.3, 0.4) is 0 Å². The van der Waals surface area contributed by atoms with Gasteiger partial charge in [0, 0.05) is 13.6 Å². The largest absolute Gasteiger partial charge is 0.468 e. The van der Waals surface area contributed by atoms with Crippen molar-refractivity contribution in [1.29, 1.82) is 0 Å². The Hall–Kier alpha value is -2.08. The lowest BCUT2D eigenvalue weighted by Crippen LogP contribution is -2.37. The molecule has 6 nitrogen and oxygen atoms in total. The molecule has 118 valence electrons. The van der Waals surface area contributed by atoms with Crippen molar-refractivity contribution >= 4 is 5.91 Å². The number of likely N-dealkylation sites (tertiary alicyclic amines) is 1. The molecule has 0 aromatic carbocycles. The molecule has 1 aliphatic heterocycles. The molecule has 3 rings (SSSR count). The lowest BCUT2D eigenvalue weighted by Gasteiger charge is -2.25. The van der Waals surface area contributed by atoms with Gasteiger partial charge in [0.05, 0.1) is 18.0 Å². The molecule has 0 spiro atoms. The maximum Gasteiger partial charge on any atom is 0.269 e. The minimum Gasteiger partial charge on any atom is -0.468 e. The molecule has 1 N–H and O–H groups in total. The van der Waals surface area contributed by atoms with Gasteiger partial charge in [-0.3, -0.25) is 14.4 Å². The van der Waals surface area contributed by atoms with Gasteiger partial charge in [0.15, 0.2) is 0 Å². The van der Waals surface area contributed by atoms with Crippen LogP contribution in [-0.4, -0.2) is 40.2 Å². The monoisotopic (exact) mass is 302 g/mol. The number of hydrogen-bond donors (Lipinski definition) is 1. The molecule has 0 bridgehead atoms. The summed E-state index contributed by atoms with van der Waals surface area (Å²) in [6, 6.07) is 5.76. The Morgan fingerprint density at radius 1 is 1.45 bits per heavy atom. The maximum absolute atomic E-state index is 12.3. The predicted molar refractivity (Wildman–Crippen MR) is 82.5 cm³/mol. The summed E-state index contributed by atoms with van der Waals surface area (Å²) in [7, 11) is 1.78. The zero-order chi connectivity index (χ0) is 15.5. The zero-order valence-electron chi connectivity index (χ0n) is 13.1. The molecule has 1 amide bonds. The van der Waals surface area contributed by atoms with Crippen molar-refractivity contribution < 1.29 is 9.21 Å². The molecule has 2 aromatic heterocycles. The van der Waals surface area contributed by atoms with E-state index in [2.05, 4.69) is 15.3 Å². The van der Waals surface area contributed by atoms with Crippen molar-refractivity contribution in [2.24, 2.45) is 7.05 Å². The summed E-state index contributed by atoms with van der Waals surface area (Å²) in [5.74, 6) is 0.808. The van der Waals surface area contributed by atoms with Crippen molar-refractivity contribution in [3.8, 4) is 0 Å². The van der Waals surface area contributed by atoms with E-state index < -0.39 is 0 Å². The molecule has 0 radical (unpaired) electrons. The molecular formula is C16H22N4O2. The van der Waals surface area contributed by atoms with Crippen LogP contribution >= 0.6 is 0 Å². The number of rotatable bonds is 5. The Morgan fingerprint density at radius 3 is 2.82 bits per heavy atom. The molecule has 1 aliphatic rings. The summed E-state index contributed by atoms with van der Waals surface area (Å²) < 4.78 is 7.18. The summed E-state index contributed by atoms with van der Waals surface area (Å²) in [5, 5.41) is 7.23. The van der Waals surface area contributed by atoms with Crippen LogP contribution in [-0.2, 0) is 7.05 Å². The van der Waals surface area contributed by atoms with E-state index >= 15 is 0 Å². The second kappa shape index (κ2) is 6.36. The maximum atomic E-state index is 12.3. The lowest BCUT2D eigenvalue weighted by molar-refractivity contribution is 0.0924. The van der Waals surface area contributed by atoms with Gasteiger partial charge in [-0.15, -0.1) is 0 Å². The molecule has 3 heterocycles. The highest BCUT2D eigenvalue weighted by Gasteiger charge is 2.26. The van der Waals surface area contributed by atoms with E-state index in [1.807, 2.05) is 19.1 Å². The quantitative estimate of drug-likeness (QED) is 0.916. The van der Waals surface area contributed by atoms with Gasteiger partial charge in [0.25, 0.3) is 5.91 Å². The van der Waals surface area contributed by atoms with Gasteiger partial charge < -0.3 is 9.73 Å². The van der Waals surface area contributed by atoms with Crippen molar-refractivity contribution in [2.45, 2.75) is 25.8 Å². The summed E-state index contributed by atoms with van der Waals surface area (Å²) in [6.07, 6.45) is 4.09. The summed E-state index contributed by atoms with van der Waals surface area (Å²) in [5.41, 5.74) is 1.42. The molecule has 6 heteroatoms. The fourth-order valence-electron chi connectivity index (χ4n) is 3.05. The summed E-state index contributed by atoms with van der Waals surface area (Å²) in [6.45, 7) is 4.52. The standard InChI is InChI=1S/C16H22N4O2/c1-12-10-13(19(2)18-12)16(21)17-11-14(15-6-5-9-22-15)20-7-3-4-8-20/h5-6,9-10,14H,3-4,7-8,11H2,1-2H3,(H,17,21)/t14-/m0/s1. The first kappa shape index (κ1) is 14.8. The average molecular weight is 302 g/mol. The topological polar surface area (TPSA) is 63.3 Å². The normalized spacial score (nSPS) is 16.8. The lowest BCUT2D eigenvalue weighted by atomic mass is 10.2. The molecule has 2 aromatic rings. The third-order valence-electron chi connectivity index (χ3n) is 4.14. The fourth-order valence-corrected chi connectivity index (χ4v) is 3.05. The highest BCUT2D eigenvalue weighted by atomic mass is 16.3.